The zero-order valence-corrected chi connectivity index (χ0v) is 13.7. The molecule has 2 rings (SSSR count). The number of nitrogens with one attached hydrogen (secondary N) is 1. The quantitative estimate of drug-likeness (QED) is 0.776. The average Bonchev–Trinajstić information content (AvgIpc) is 2.37. The van der Waals surface area contributed by atoms with Gasteiger partial charge in [-0.2, -0.15) is 0 Å². The fourth-order valence-corrected chi connectivity index (χ4v) is 3.68. The first-order valence-electron chi connectivity index (χ1n) is 8.07. The lowest BCUT2D eigenvalue weighted by Crippen LogP contribution is -2.45. The van der Waals surface area contributed by atoms with Crippen LogP contribution in [-0.2, 0) is 0 Å². The molecule has 3 nitrogen and oxygen atoms in total. The highest BCUT2D eigenvalue weighted by Crippen LogP contribution is 2.39. The highest BCUT2D eigenvalue weighted by molar-refractivity contribution is 5.40. The second kappa shape index (κ2) is 6.27. The molecule has 0 spiro atoms. The Labute approximate surface area is 128 Å². The van der Waals surface area contributed by atoms with E-state index >= 15 is 0 Å². The van der Waals surface area contributed by atoms with Crippen LogP contribution in [0.2, 0.25) is 0 Å². The van der Waals surface area contributed by atoms with Gasteiger partial charge in [-0.3, -0.25) is 0 Å². The molecule has 1 fully saturated rings. The number of phenolic OH excluding ortho intramolecular Hbond substituents is 2. The minimum atomic E-state index is 0.0820. The standard InChI is InChI=1S/C18H29NO2/c1-12(14-10-9-13(20)11-17(14)21)19-16-8-6-5-7-15(16)18(2,3)4/h9-12,15-16,19-21H,5-8H2,1-4H3. The van der Waals surface area contributed by atoms with Gasteiger partial charge in [0, 0.05) is 23.7 Å². The molecule has 21 heavy (non-hydrogen) atoms. The monoisotopic (exact) mass is 291 g/mol. The number of rotatable bonds is 3. The Bertz CT molecular complexity index is 479. The molecule has 0 aliphatic heterocycles. The van der Waals surface area contributed by atoms with Crippen molar-refractivity contribution in [2.45, 2.75) is 65.5 Å². The second-order valence-corrected chi connectivity index (χ2v) is 7.49. The van der Waals surface area contributed by atoms with E-state index in [2.05, 4.69) is 33.0 Å². The number of hydrogen-bond acceptors (Lipinski definition) is 3. The third-order valence-electron chi connectivity index (χ3n) is 4.82. The molecule has 0 amide bonds. The van der Waals surface area contributed by atoms with E-state index in [4.69, 9.17) is 0 Å². The lowest BCUT2D eigenvalue weighted by atomic mass is 9.69. The van der Waals surface area contributed by atoms with Gasteiger partial charge in [-0.25, -0.2) is 0 Å². The number of aromatic hydroxyl groups is 2. The number of benzene rings is 1. The summed E-state index contributed by atoms with van der Waals surface area (Å²) in [6.45, 7) is 9.04. The molecule has 3 atom stereocenters. The van der Waals surface area contributed by atoms with Gasteiger partial charge < -0.3 is 15.5 Å². The molecule has 1 aromatic rings. The van der Waals surface area contributed by atoms with Crippen molar-refractivity contribution < 1.29 is 10.2 Å². The Morgan fingerprint density at radius 1 is 1.14 bits per heavy atom. The van der Waals surface area contributed by atoms with E-state index in [1.807, 2.05) is 0 Å². The molecule has 1 aromatic carbocycles. The Kier molecular flexibility index (Phi) is 4.82. The van der Waals surface area contributed by atoms with Crippen molar-refractivity contribution in [2.24, 2.45) is 11.3 Å². The summed E-state index contributed by atoms with van der Waals surface area (Å²) in [5.41, 5.74) is 1.15. The molecule has 3 heteroatoms. The summed E-state index contributed by atoms with van der Waals surface area (Å²) in [6.07, 6.45) is 5.07. The maximum absolute atomic E-state index is 10.0. The molecule has 0 radical (unpaired) electrons. The van der Waals surface area contributed by atoms with Crippen LogP contribution >= 0.6 is 0 Å². The first-order valence-corrected chi connectivity index (χ1v) is 8.07. The molecule has 1 saturated carbocycles. The summed E-state index contributed by atoms with van der Waals surface area (Å²) < 4.78 is 0. The van der Waals surface area contributed by atoms with E-state index in [0.717, 1.165) is 5.56 Å². The zero-order valence-electron chi connectivity index (χ0n) is 13.7. The first kappa shape index (κ1) is 16.2. The zero-order chi connectivity index (χ0) is 15.6. The van der Waals surface area contributed by atoms with Gasteiger partial charge in [-0.05, 0) is 37.2 Å². The molecular formula is C18H29NO2. The Hall–Kier alpha value is -1.22. The second-order valence-electron chi connectivity index (χ2n) is 7.49. The Morgan fingerprint density at radius 3 is 2.43 bits per heavy atom. The Balaban J connectivity index is 2.11. The topological polar surface area (TPSA) is 52.5 Å². The number of hydrogen-bond donors (Lipinski definition) is 3. The van der Waals surface area contributed by atoms with Crippen molar-refractivity contribution in [1.82, 2.24) is 5.32 Å². The van der Waals surface area contributed by atoms with E-state index in [9.17, 15) is 10.2 Å². The normalized spacial score (nSPS) is 24.8. The van der Waals surface area contributed by atoms with E-state index in [1.54, 1.807) is 12.1 Å². The van der Waals surface area contributed by atoms with Crippen LogP contribution in [0.25, 0.3) is 0 Å². The van der Waals surface area contributed by atoms with Crippen LogP contribution in [0.1, 0.15) is 65.0 Å². The van der Waals surface area contributed by atoms with Crippen LogP contribution in [0.3, 0.4) is 0 Å². The summed E-state index contributed by atoms with van der Waals surface area (Å²) in [5.74, 6) is 0.930. The van der Waals surface area contributed by atoms with Gasteiger partial charge >= 0.3 is 0 Å². The van der Waals surface area contributed by atoms with Crippen molar-refractivity contribution in [3.05, 3.63) is 23.8 Å². The summed E-state index contributed by atoms with van der Waals surface area (Å²) in [7, 11) is 0. The highest BCUT2D eigenvalue weighted by Gasteiger charge is 2.34. The van der Waals surface area contributed by atoms with Crippen LogP contribution in [-0.4, -0.2) is 16.3 Å². The third-order valence-corrected chi connectivity index (χ3v) is 4.82. The molecule has 0 heterocycles. The first-order chi connectivity index (χ1) is 9.79. The lowest BCUT2D eigenvalue weighted by molar-refractivity contribution is 0.124. The van der Waals surface area contributed by atoms with Crippen molar-refractivity contribution >= 4 is 0 Å². The van der Waals surface area contributed by atoms with Crippen molar-refractivity contribution in [3.8, 4) is 11.5 Å². The lowest BCUT2D eigenvalue weighted by Gasteiger charge is -2.42. The van der Waals surface area contributed by atoms with Gasteiger partial charge in [0.2, 0.25) is 0 Å². The molecule has 1 aliphatic rings. The van der Waals surface area contributed by atoms with E-state index < -0.39 is 0 Å². The summed E-state index contributed by atoms with van der Waals surface area (Å²) in [5, 5.41) is 23.1. The molecule has 3 unspecified atom stereocenters. The average molecular weight is 291 g/mol. The molecule has 1 aliphatic carbocycles. The van der Waals surface area contributed by atoms with Gasteiger partial charge in [0.05, 0.1) is 0 Å². The predicted molar refractivity (Wildman–Crippen MR) is 86.5 cm³/mol. The van der Waals surface area contributed by atoms with Gasteiger partial charge in [0.1, 0.15) is 11.5 Å². The molecule has 3 N–H and O–H groups in total. The van der Waals surface area contributed by atoms with Gasteiger partial charge in [0.25, 0.3) is 0 Å². The van der Waals surface area contributed by atoms with Gasteiger partial charge in [-0.15, -0.1) is 0 Å². The fraction of sp³-hybridized carbons (Fsp3) is 0.667. The van der Waals surface area contributed by atoms with Crippen LogP contribution in [0, 0.1) is 11.3 Å². The van der Waals surface area contributed by atoms with Crippen LogP contribution in [0.15, 0.2) is 18.2 Å². The van der Waals surface area contributed by atoms with Gasteiger partial charge in [0.15, 0.2) is 0 Å². The molecule has 0 saturated heterocycles. The van der Waals surface area contributed by atoms with Crippen LogP contribution in [0.5, 0.6) is 11.5 Å². The highest BCUT2D eigenvalue weighted by atomic mass is 16.3. The largest absolute Gasteiger partial charge is 0.508 e. The van der Waals surface area contributed by atoms with Crippen molar-refractivity contribution in [1.29, 1.82) is 0 Å². The SMILES string of the molecule is CC(NC1CCCCC1C(C)(C)C)c1ccc(O)cc1O. The van der Waals surface area contributed by atoms with E-state index in [-0.39, 0.29) is 17.5 Å². The van der Waals surface area contributed by atoms with Crippen LogP contribution in [0.4, 0.5) is 0 Å². The molecule has 118 valence electrons. The molecule has 0 bridgehead atoms. The maximum atomic E-state index is 10.0. The van der Waals surface area contributed by atoms with Gasteiger partial charge in [-0.1, -0.05) is 39.7 Å². The van der Waals surface area contributed by atoms with Crippen molar-refractivity contribution in [2.75, 3.05) is 0 Å². The molecular weight excluding hydrogens is 262 g/mol. The predicted octanol–water partition coefficient (Wildman–Crippen LogP) is 4.35. The molecule has 0 aromatic heterocycles. The summed E-state index contributed by atoms with van der Waals surface area (Å²) in [4.78, 5) is 0. The minimum Gasteiger partial charge on any atom is -0.508 e. The maximum Gasteiger partial charge on any atom is 0.124 e. The smallest absolute Gasteiger partial charge is 0.124 e. The fourth-order valence-electron chi connectivity index (χ4n) is 3.68. The third kappa shape index (κ3) is 3.91. The summed E-state index contributed by atoms with van der Waals surface area (Å²) in [6, 6.07) is 5.42. The summed E-state index contributed by atoms with van der Waals surface area (Å²) >= 11 is 0. The van der Waals surface area contributed by atoms with E-state index in [0.29, 0.717) is 17.4 Å². The van der Waals surface area contributed by atoms with E-state index in [1.165, 1.54) is 31.7 Å². The number of phenols is 2. The Morgan fingerprint density at radius 2 is 1.81 bits per heavy atom. The van der Waals surface area contributed by atoms with Crippen molar-refractivity contribution in [3.63, 3.8) is 0 Å². The van der Waals surface area contributed by atoms with Crippen LogP contribution < -0.4 is 5.32 Å². The minimum absolute atomic E-state index is 0.0820.